The molecule has 0 saturated carbocycles. The third-order valence-electron chi connectivity index (χ3n) is 3.86. The average molecular weight is 254 g/mol. The lowest BCUT2D eigenvalue weighted by Crippen LogP contribution is -2.11. The highest BCUT2D eigenvalue weighted by atomic mass is 16.5. The molecule has 1 N–H and O–H groups in total. The highest BCUT2D eigenvalue weighted by molar-refractivity contribution is 5.40. The van der Waals surface area contributed by atoms with Gasteiger partial charge in [-0.1, -0.05) is 48.5 Å². The summed E-state index contributed by atoms with van der Waals surface area (Å²) < 4.78 is 5.71. The predicted octanol–water partition coefficient (Wildman–Crippen LogP) is 3.33. The maximum atomic E-state index is 9.65. The van der Waals surface area contributed by atoms with Gasteiger partial charge in [-0.05, 0) is 18.1 Å². The molecule has 0 bridgehead atoms. The van der Waals surface area contributed by atoms with Gasteiger partial charge in [-0.3, -0.25) is 0 Å². The van der Waals surface area contributed by atoms with E-state index >= 15 is 0 Å². The quantitative estimate of drug-likeness (QED) is 0.907. The SMILES string of the molecule is OCC(CC1COc2ccccc21)c1ccccc1. The van der Waals surface area contributed by atoms with Gasteiger partial charge in [-0.25, -0.2) is 0 Å². The first-order chi connectivity index (χ1) is 9.38. The van der Waals surface area contributed by atoms with Gasteiger partial charge in [0, 0.05) is 24.0 Å². The van der Waals surface area contributed by atoms with Crippen molar-refractivity contribution in [2.45, 2.75) is 18.3 Å². The van der Waals surface area contributed by atoms with Crippen molar-refractivity contribution in [1.29, 1.82) is 0 Å². The third-order valence-corrected chi connectivity index (χ3v) is 3.86. The van der Waals surface area contributed by atoms with E-state index in [1.54, 1.807) is 0 Å². The minimum absolute atomic E-state index is 0.181. The number of para-hydroxylation sites is 1. The summed E-state index contributed by atoms with van der Waals surface area (Å²) in [6.07, 6.45) is 0.928. The molecule has 0 fully saturated rings. The van der Waals surface area contributed by atoms with Gasteiger partial charge in [0.2, 0.25) is 0 Å². The highest BCUT2D eigenvalue weighted by Gasteiger charge is 2.26. The van der Waals surface area contributed by atoms with Gasteiger partial charge in [-0.15, -0.1) is 0 Å². The summed E-state index contributed by atoms with van der Waals surface area (Å²) in [7, 11) is 0. The third kappa shape index (κ3) is 2.49. The Morgan fingerprint density at radius 1 is 1.05 bits per heavy atom. The minimum atomic E-state index is 0.181. The summed E-state index contributed by atoms with van der Waals surface area (Å²) in [5.74, 6) is 1.56. The molecule has 0 aromatic heterocycles. The molecule has 1 aliphatic heterocycles. The van der Waals surface area contributed by atoms with Gasteiger partial charge < -0.3 is 9.84 Å². The van der Waals surface area contributed by atoms with Crippen LogP contribution in [0.25, 0.3) is 0 Å². The fourth-order valence-electron chi connectivity index (χ4n) is 2.81. The molecule has 2 nitrogen and oxygen atoms in total. The van der Waals surface area contributed by atoms with Crippen molar-refractivity contribution >= 4 is 0 Å². The number of benzene rings is 2. The zero-order valence-electron chi connectivity index (χ0n) is 10.8. The van der Waals surface area contributed by atoms with Crippen molar-refractivity contribution in [3.05, 3.63) is 65.7 Å². The maximum Gasteiger partial charge on any atom is 0.122 e. The summed E-state index contributed by atoms with van der Waals surface area (Å²) in [6, 6.07) is 18.4. The van der Waals surface area contributed by atoms with Crippen molar-refractivity contribution in [3.63, 3.8) is 0 Å². The number of hydrogen-bond acceptors (Lipinski definition) is 2. The van der Waals surface area contributed by atoms with Crippen molar-refractivity contribution in [3.8, 4) is 5.75 Å². The van der Waals surface area contributed by atoms with Crippen LogP contribution in [0.4, 0.5) is 0 Å². The summed E-state index contributed by atoms with van der Waals surface area (Å²) in [5.41, 5.74) is 2.48. The lowest BCUT2D eigenvalue weighted by molar-refractivity contribution is 0.243. The molecule has 98 valence electrons. The summed E-state index contributed by atoms with van der Waals surface area (Å²) in [6.45, 7) is 0.908. The molecule has 1 aliphatic rings. The molecule has 1 heterocycles. The van der Waals surface area contributed by atoms with Crippen molar-refractivity contribution in [2.24, 2.45) is 0 Å². The molecule has 3 rings (SSSR count). The van der Waals surface area contributed by atoms with E-state index < -0.39 is 0 Å². The van der Waals surface area contributed by atoms with Crippen molar-refractivity contribution in [1.82, 2.24) is 0 Å². The minimum Gasteiger partial charge on any atom is -0.493 e. The second kappa shape index (κ2) is 5.45. The monoisotopic (exact) mass is 254 g/mol. The number of rotatable bonds is 4. The van der Waals surface area contributed by atoms with E-state index in [2.05, 4.69) is 24.3 Å². The predicted molar refractivity (Wildman–Crippen MR) is 75.6 cm³/mol. The molecule has 0 amide bonds. The first-order valence-corrected chi connectivity index (χ1v) is 6.76. The van der Waals surface area contributed by atoms with E-state index in [4.69, 9.17) is 4.74 Å². The lowest BCUT2D eigenvalue weighted by atomic mass is 9.86. The number of aliphatic hydroxyl groups is 1. The number of aliphatic hydroxyl groups excluding tert-OH is 1. The van der Waals surface area contributed by atoms with Crippen LogP contribution in [0.15, 0.2) is 54.6 Å². The molecule has 2 atom stereocenters. The van der Waals surface area contributed by atoms with Crippen LogP contribution in [0.1, 0.15) is 29.4 Å². The fraction of sp³-hybridized carbons (Fsp3) is 0.294. The molecule has 0 spiro atoms. The fourth-order valence-corrected chi connectivity index (χ4v) is 2.81. The zero-order chi connectivity index (χ0) is 13.1. The van der Waals surface area contributed by atoms with E-state index in [1.807, 2.05) is 30.3 Å². The molecule has 2 heteroatoms. The van der Waals surface area contributed by atoms with Crippen LogP contribution in [0.5, 0.6) is 5.75 Å². The second-order valence-electron chi connectivity index (χ2n) is 5.07. The topological polar surface area (TPSA) is 29.5 Å². The Labute approximate surface area is 113 Å². The van der Waals surface area contributed by atoms with Crippen LogP contribution >= 0.6 is 0 Å². The van der Waals surface area contributed by atoms with Crippen LogP contribution in [-0.4, -0.2) is 18.3 Å². The van der Waals surface area contributed by atoms with E-state index in [-0.39, 0.29) is 12.5 Å². The van der Waals surface area contributed by atoms with Crippen LogP contribution in [0.2, 0.25) is 0 Å². The molecular weight excluding hydrogens is 236 g/mol. The average Bonchev–Trinajstić information content (AvgIpc) is 2.89. The van der Waals surface area contributed by atoms with Crippen molar-refractivity contribution in [2.75, 3.05) is 13.2 Å². The Bertz CT molecular complexity index is 536. The van der Waals surface area contributed by atoms with Crippen LogP contribution in [-0.2, 0) is 0 Å². The van der Waals surface area contributed by atoms with Crippen LogP contribution < -0.4 is 4.74 Å². The smallest absolute Gasteiger partial charge is 0.122 e. The van der Waals surface area contributed by atoms with Crippen molar-refractivity contribution < 1.29 is 9.84 Å². The van der Waals surface area contributed by atoms with Gasteiger partial charge in [0.1, 0.15) is 5.75 Å². The Hall–Kier alpha value is -1.80. The van der Waals surface area contributed by atoms with Crippen LogP contribution in [0.3, 0.4) is 0 Å². The van der Waals surface area contributed by atoms with Gasteiger partial charge in [0.25, 0.3) is 0 Å². The van der Waals surface area contributed by atoms with Gasteiger partial charge in [0.05, 0.1) is 6.61 Å². The van der Waals surface area contributed by atoms with E-state index in [0.29, 0.717) is 5.92 Å². The van der Waals surface area contributed by atoms with Gasteiger partial charge >= 0.3 is 0 Å². The number of ether oxygens (including phenoxy) is 1. The normalized spacial score (nSPS) is 18.7. The first kappa shape index (κ1) is 12.2. The molecule has 0 saturated heterocycles. The van der Waals surface area contributed by atoms with Crippen LogP contribution in [0, 0.1) is 0 Å². The Morgan fingerprint density at radius 3 is 2.58 bits per heavy atom. The summed E-state index contributed by atoms with van der Waals surface area (Å²) in [5, 5.41) is 9.65. The zero-order valence-corrected chi connectivity index (χ0v) is 10.8. The molecular formula is C17H18O2. The largest absolute Gasteiger partial charge is 0.493 e. The Kier molecular flexibility index (Phi) is 3.51. The first-order valence-electron chi connectivity index (χ1n) is 6.76. The number of fused-ring (bicyclic) bond motifs is 1. The van der Waals surface area contributed by atoms with Gasteiger partial charge in [-0.2, -0.15) is 0 Å². The maximum absolute atomic E-state index is 9.65. The lowest BCUT2D eigenvalue weighted by Gasteiger charge is -2.18. The molecule has 0 aliphatic carbocycles. The standard InChI is InChI=1S/C17H18O2/c18-11-14(13-6-2-1-3-7-13)10-15-12-19-17-9-5-4-8-16(15)17/h1-9,14-15,18H,10-12H2. The van der Waals surface area contributed by atoms with E-state index in [9.17, 15) is 5.11 Å². The second-order valence-corrected chi connectivity index (χ2v) is 5.07. The van der Waals surface area contributed by atoms with E-state index in [1.165, 1.54) is 11.1 Å². The Balaban J connectivity index is 1.78. The molecule has 2 unspecified atom stereocenters. The van der Waals surface area contributed by atoms with Gasteiger partial charge in [0.15, 0.2) is 0 Å². The Morgan fingerprint density at radius 2 is 1.79 bits per heavy atom. The summed E-state index contributed by atoms with van der Waals surface area (Å²) in [4.78, 5) is 0. The molecule has 2 aromatic carbocycles. The summed E-state index contributed by atoms with van der Waals surface area (Å²) >= 11 is 0. The molecule has 2 aromatic rings. The van der Waals surface area contributed by atoms with E-state index in [0.717, 1.165) is 18.8 Å². The molecule has 19 heavy (non-hydrogen) atoms. The molecule has 0 radical (unpaired) electrons. The highest BCUT2D eigenvalue weighted by Crippen LogP contribution is 2.39. The number of hydrogen-bond donors (Lipinski definition) is 1.